The maximum atomic E-state index is 12.6. The van der Waals surface area contributed by atoms with Crippen LogP contribution >= 0.6 is 15.9 Å². The van der Waals surface area contributed by atoms with Gasteiger partial charge in [-0.1, -0.05) is 0 Å². The monoisotopic (exact) mass is 419 g/mol. The number of ether oxygens (including phenoxy) is 1. The summed E-state index contributed by atoms with van der Waals surface area (Å²) < 4.78 is 6.62. The molecule has 1 aromatic carbocycles. The van der Waals surface area contributed by atoms with Gasteiger partial charge in [-0.15, -0.1) is 0 Å². The highest BCUT2D eigenvalue weighted by atomic mass is 79.9. The molecule has 2 fully saturated rings. The quantitative estimate of drug-likeness (QED) is 0.631. The number of fused-ring (bicyclic) bond motifs is 2. The van der Waals surface area contributed by atoms with Crippen LogP contribution in [0.5, 0.6) is 0 Å². The molecule has 2 aliphatic heterocycles. The Morgan fingerprint density at radius 2 is 1.92 bits per heavy atom. The molecule has 0 spiro atoms. The minimum atomic E-state index is -0.466. The lowest BCUT2D eigenvalue weighted by Gasteiger charge is -2.42. The minimum Gasteiger partial charge on any atom is -0.444 e. The van der Waals surface area contributed by atoms with E-state index in [1.165, 1.54) is 0 Å². The lowest BCUT2D eigenvalue weighted by Crippen LogP contribution is -2.56. The Kier molecular flexibility index (Phi) is 5.21. The van der Waals surface area contributed by atoms with Crippen LogP contribution in [0.2, 0.25) is 0 Å². The molecular weight excluding hydrogens is 394 g/mol. The number of rotatable bonds is 2. The third kappa shape index (κ3) is 3.83. The summed E-state index contributed by atoms with van der Waals surface area (Å²) in [5, 5.41) is 0. The summed E-state index contributed by atoms with van der Waals surface area (Å²) in [6.45, 7) is 16.5. The second-order valence-electron chi connectivity index (χ2n) is 8.19. The van der Waals surface area contributed by atoms with Gasteiger partial charge in [0.1, 0.15) is 5.60 Å². The Bertz CT molecular complexity index is 724. The van der Waals surface area contributed by atoms with Crippen LogP contribution in [0.1, 0.15) is 52.1 Å². The van der Waals surface area contributed by atoms with Crippen molar-refractivity contribution in [2.24, 2.45) is 0 Å². The van der Waals surface area contributed by atoms with E-state index in [2.05, 4.69) is 31.7 Å². The standard InChI is InChI=1S/C20H26BrN3O2/c1-13(22-5)14-6-9-18(17(21)10-14)23-11-15-7-8-16(12-23)24(15)19(25)26-20(2,3)4/h6,9-10,13,15-16H,7-8,11-12H2,1-4H3. The van der Waals surface area contributed by atoms with Crippen molar-refractivity contribution in [2.75, 3.05) is 18.0 Å². The molecular formula is C20H26BrN3O2. The van der Waals surface area contributed by atoms with Crippen LogP contribution < -0.4 is 4.90 Å². The fraction of sp³-hybridized carbons (Fsp3) is 0.600. The highest BCUT2D eigenvalue weighted by molar-refractivity contribution is 9.10. The largest absolute Gasteiger partial charge is 0.444 e. The van der Waals surface area contributed by atoms with Crippen molar-refractivity contribution in [1.29, 1.82) is 0 Å². The molecule has 3 rings (SSSR count). The average Bonchev–Trinajstić information content (AvgIpc) is 2.83. The van der Waals surface area contributed by atoms with Crippen molar-refractivity contribution >= 4 is 27.7 Å². The van der Waals surface area contributed by atoms with Crippen LogP contribution in [0.4, 0.5) is 10.5 Å². The Labute approximate surface area is 164 Å². The molecule has 2 bridgehead atoms. The predicted octanol–water partition coefficient (Wildman–Crippen LogP) is 5.02. The molecule has 1 aromatic rings. The molecule has 0 aliphatic carbocycles. The topological polar surface area (TPSA) is 37.1 Å². The predicted molar refractivity (Wildman–Crippen MR) is 106 cm³/mol. The van der Waals surface area contributed by atoms with E-state index in [0.29, 0.717) is 0 Å². The molecule has 26 heavy (non-hydrogen) atoms. The summed E-state index contributed by atoms with van der Waals surface area (Å²) >= 11 is 3.67. The number of anilines is 1. The summed E-state index contributed by atoms with van der Waals surface area (Å²) in [6, 6.07) is 6.41. The van der Waals surface area contributed by atoms with Gasteiger partial charge in [-0.3, -0.25) is 4.90 Å². The van der Waals surface area contributed by atoms with Gasteiger partial charge in [-0.2, -0.15) is 0 Å². The van der Waals surface area contributed by atoms with Crippen molar-refractivity contribution in [1.82, 2.24) is 4.90 Å². The van der Waals surface area contributed by atoms with Gasteiger partial charge in [0.25, 0.3) is 0 Å². The fourth-order valence-corrected chi connectivity index (χ4v) is 4.47. The van der Waals surface area contributed by atoms with E-state index >= 15 is 0 Å². The molecule has 0 saturated carbocycles. The zero-order valence-corrected chi connectivity index (χ0v) is 17.4. The summed E-state index contributed by atoms with van der Waals surface area (Å²) in [7, 11) is 0. The maximum Gasteiger partial charge on any atom is 0.410 e. The van der Waals surface area contributed by atoms with Crippen molar-refractivity contribution in [3.05, 3.63) is 39.7 Å². The van der Waals surface area contributed by atoms with Crippen LogP contribution in [0.3, 0.4) is 0 Å². The molecule has 6 heteroatoms. The third-order valence-electron chi connectivity index (χ3n) is 5.07. The van der Waals surface area contributed by atoms with Crippen LogP contribution in [-0.4, -0.2) is 41.8 Å². The molecule has 1 amide bonds. The number of carbonyl (C=O) groups excluding carboxylic acids is 1. The molecule has 0 radical (unpaired) electrons. The van der Waals surface area contributed by atoms with E-state index < -0.39 is 5.60 Å². The number of nitrogens with zero attached hydrogens (tertiary/aromatic N) is 3. The van der Waals surface area contributed by atoms with E-state index in [0.717, 1.165) is 41.7 Å². The van der Waals surface area contributed by atoms with Gasteiger partial charge in [0, 0.05) is 30.0 Å². The fourth-order valence-electron chi connectivity index (χ4n) is 3.83. The molecule has 5 nitrogen and oxygen atoms in total. The lowest BCUT2D eigenvalue weighted by molar-refractivity contribution is 0.0123. The number of halogens is 1. The van der Waals surface area contributed by atoms with E-state index in [-0.39, 0.29) is 24.2 Å². The number of hydrogen-bond acceptors (Lipinski definition) is 3. The lowest BCUT2D eigenvalue weighted by atomic mass is 10.1. The highest BCUT2D eigenvalue weighted by Gasteiger charge is 2.44. The number of hydrogen-bond donors (Lipinski definition) is 0. The second-order valence-corrected chi connectivity index (χ2v) is 9.05. The Hall–Kier alpha value is -1.74. The van der Waals surface area contributed by atoms with E-state index in [9.17, 15) is 4.79 Å². The van der Waals surface area contributed by atoms with Gasteiger partial charge in [-0.25, -0.2) is 11.4 Å². The third-order valence-corrected chi connectivity index (χ3v) is 5.71. The SMILES string of the molecule is [C-]#[N+]C(C)c1ccc(N2CC3CCC(C2)N3C(=O)OC(C)(C)C)c(Br)c1. The zero-order valence-electron chi connectivity index (χ0n) is 15.8. The van der Waals surface area contributed by atoms with Gasteiger partial charge in [0.2, 0.25) is 6.04 Å². The highest BCUT2D eigenvalue weighted by Crippen LogP contribution is 2.37. The molecule has 3 unspecified atom stereocenters. The van der Waals surface area contributed by atoms with Crippen molar-refractivity contribution in [3.63, 3.8) is 0 Å². The van der Waals surface area contributed by atoms with Crippen molar-refractivity contribution < 1.29 is 9.53 Å². The normalized spacial score (nSPS) is 23.5. The van der Waals surface area contributed by atoms with Crippen LogP contribution in [0.15, 0.2) is 22.7 Å². The Balaban J connectivity index is 1.75. The molecule has 3 atom stereocenters. The first-order valence-electron chi connectivity index (χ1n) is 9.12. The maximum absolute atomic E-state index is 12.6. The van der Waals surface area contributed by atoms with Crippen LogP contribution in [0.25, 0.3) is 4.85 Å². The Morgan fingerprint density at radius 3 is 2.42 bits per heavy atom. The summed E-state index contributed by atoms with van der Waals surface area (Å²) in [5.41, 5.74) is 1.68. The molecule has 0 aromatic heterocycles. The second kappa shape index (κ2) is 7.11. The van der Waals surface area contributed by atoms with Crippen LogP contribution in [0, 0.1) is 6.57 Å². The summed E-state index contributed by atoms with van der Waals surface area (Å²) in [4.78, 5) is 20.5. The molecule has 0 N–H and O–H groups in total. The number of piperazine rings is 1. The van der Waals surface area contributed by atoms with Crippen molar-refractivity contribution in [2.45, 2.75) is 64.3 Å². The van der Waals surface area contributed by atoms with Gasteiger partial charge >= 0.3 is 6.09 Å². The molecule has 140 valence electrons. The number of carbonyl (C=O) groups is 1. The first-order valence-corrected chi connectivity index (χ1v) is 9.91. The van der Waals surface area contributed by atoms with E-state index in [1.54, 1.807) is 0 Å². The van der Waals surface area contributed by atoms with Gasteiger partial charge in [0.15, 0.2) is 0 Å². The van der Waals surface area contributed by atoms with E-state index in [1.807, 2.05) is 44.7 Å². The van der Waals surface area contributed by atoms with E-state index in [4.69, 9.17) is 11.3 Å². The van der Waals surface area contributed by atoms with Gasteiger partial charge in [-0.05, 0) is 67.7 Å². The summed E-state index contributed by atoms with van der Waals surface area (Å²) in [5.74, 6) is 0. The molecule has 2 aliphatic rings. The minimum absolute atomic E-state index is 0.138. The van der Waals surface area contributed by atoms with Gasteiger partial charge < -0.3 is 14.5 Å². The number of benzene rings is 1. The first-order chi connectivity index (χ1) is 12.2. The van der Waals surface area contributed by atoms with Gasteiger partial charge in [0.05, 0.1) is 17.8 Å². The van der Waals surface area contributed by atoms with Crippen molar-refractivity contribution in [3.8, 4) is 0 Å². The molecule has 2 heterocycles. The number of amides is 1. The average molecular weight is 420 g/mol. The Morgan fingerprint density at radius 1 is 1.31 bits per heavy atom. The zero-order chi connectivity index (χ0) is 19.1. The first kappa shape index (κ1) is 19.0. The smallest absolute Gasteiger partial charge is 0.410 e. The summed E-state index contributed by atoms with van der Waals surface area (Å²) in [6.07, 6.45) is 1.85. The van der Waals surface area contributed by atoms with Crippen LogP contribution in [-0.2, 0) is 4.74 Å². The molecule has 2 saturated heterocycles.